The van der Waals surface area contributed by atoms with Crippen molar-refractivity contribution >= 4 is 0 Å². The minimum atomic E-state index is 0.475. The van der Waals surface area contributed by atoms with Crippen LogP contribution in [0.1, 0.15) is 42.2 Å². The van der Waals surface area contributed by atoms with Crippen LogP contribution < -0.4 is 0 Å². The summed E-state index contributed by atoms with van der Waals surface area (Å²) in [4.78, 5) is 0. The van der Waals surface area contributed by atoms with Gasteiger partial charge in [-0.2, -0.15) is 0 Å². The van der Waals surface area contributed by atoms with Gasteiger partial charge in [-0.05, 0) is 58.2 Å². The van der Waals surface area contributed by atoms with Gasteiger partial charge >= 0.3 is 0 Å². The molecule has 0 nitrogen and oxygen atoms in total. The second-order valence-corrected chi connectivity index (χ2v) is 8.87. The zero-order valence-corrected chi connectivity index (χ0v) is 17.2. The third-order valence-corrected chi connectivity index (χ3v) is 7.10. The Balaban J connectivity index is 1.40. The van der Waals surface area contributed by atoms with Crippen molar-refractivity contribution < 1.29 is 0 Å². The fourth-order valence-corrected chi connectivity index (χ4v) is 5.17. The highest BCUT2D eigenvalue weighted by Gasteiger charge is 2.19. The molecule has 3 unspecified atom stereocenters. The van der Waals surface area contributed by atoms with E-state index in [0.717, 1.165) is 19.3 Å². The first-order valence-corrected chi connectivity index (χ1v) is 11.2. The Labute approximate surface area is 179 Å². The molecule has 30 heavy (non-hydrogen) atoms. The third-order valence-electron chi connectivity index (χ3n) is 7.10. The Morgan fingerprint density at radius 3 is 1.37 bits per heavy atom. The molecule has 16 aliphatic rings. The molecule has 0 aliphatic heterocycles. The highest BCUT2D eigenvalue weighted by Crippen LogP contribution is 2.36. The molecule has 0 saturated carbocycles. The average molecular weight is 387 g/mol. The Hall–Kier alpha value is -3.12. The van der Waals surface area contributed by atoms with E-state index < -0.39 is 0 Å². The van der Waals surface area contributed by atoms with Crippen molar-refractivity contribution in [2.45, 2.75) is 31.1 Å². The van der Waals surface area contributed by atoms with Crippen molar-refractivity contribution in [1.82, 2.24) is 0 Å². The van der Waals surface area contributed by atoms with Crippen LogP contribution >= 0.6 is 0 Å². The van der Waals surface area contributed by atoms with Crippen LogP contribution in [0.3, 0.4) is 0 Å². The summed E-state index contributed by atoms with van der Waals surface area (Å²) in [6.45, 7) is 0. The molecule has 0 fully saturated rings. The molecule has 3 atom stereocenters. The van der Waals surface area contributed by atoms with E-state index in [1.807, 2.05) is 0 Å². The quantitative estimate of drug-likeness (QED) is 0.433. The molecular weight excluding hydrogens is 360 g/mol. The Morgan fingerprint density at radius 2 is 0.933 bits per heavy atom. The lowest BCUT2D eigenvalue weighted by molar-refractivity contribution is 0.746. The molecule has 0 N–H and O–H groups in total. The first kappa shape index (κ1) is 17.7. The summed E-state index contributed by atoms with van der Waals surface area (Å²) in [5.41, 5.74) is 9.63. The van der Waals surface area contributed by atoms with Crippen molar-refractivity contribution in [2.75, 3.05) is 0 Å². The normalized spacial score (nSPS) is 26.1. The predicted octanol–water partition coefficient (Wildman–Crippen LogP) is 7.81. The molecule has 0 aromatic heterocycles. The lowest BCUT2D eigenvalue weighted by atomic mass is 9.81. The number of hydrogen-bond acceptors (Lipinski definition) is 0. The van der Waals surface area contributed by atoms with Crippen LogP contribution in [0.2, 0.25) is 0 Å². The topological polar surface area (TPSA) is 0 Å². The van der Waals surface area contributed by atoms with Gasteiger partial charge in [-0.25, -0.2) is 0 Å². The highest BCUT2D eigenvalue weighted by molar-refractivity contribution is 5.64. The number of benzene rings is 2. The molecule has 18 rings (SSSR count). The van der Waals surface area contributed by atoms with Gasteiger partial charge in [0.05, 0.1) is 0 Å². The minimum absolute atomic E-state index is 0.475. The lowest BCUT2D eigenvalue weighted by Crippen LogP contribution is -2.08. The molecule has 0 amide bonds. The minimum Gasteiger partial charge on any atom is -0.0798 e. The molecule has 0 heteroatoms. The zero-order valence-electron chi connectivity index (χ0n) is 17.2. The van der Waals surface area contributed by atoms with Crippen LogP contribution in [0, 0.1) is 5.92 Å². The van der Waals surface area contributed by atoms with Crippen molar-refractivity contribution in [3.05, 3.63) is 131 Å². The van der Waals surface area contributed by atoms with Gasteiger partial charge in [0.2, 0.25) is 0 Å². The summed E-state index contributed by atoms with van der Waals surface area (Å²) >= 11 is 0. The summed E-state index contributed by atoms with van der Waals surface area (Å²) in [6, 6.07) is 18.3. The first-order valence-electron chi connectivity index (χ1n) is 11.2. The number of hydrogen-bond donors (Lipinski definition) is 0. The van der Waals surface area contributed by atoms with Gasteiger partial charge in [0.25, 0.3) is 0 Å². The highest BCUT2D eigenvalue weighted by atomic mass is 14.2. The summed E-state index contributed by atoms with van der Waals surface area (Å²) in [5, 5.41) is 0. The maximum Gasteiger partial charge on any atom is 0.00561 e. The summed E-state index contributed by atoms with van der Waals surface area (Å²) in [6.07, 6.45) is 24.7. The van der Waals surface area contributed by atoms with Crippen LogP contribution in [0.4, 0.5) is 0 Å². The van der Waals surface area contributed by atoms with Crippen LogP contribution in [0.15, 0.2) is 120 Å². The van der Waals surface area contributed by atoms with Gasteiger partial charge in [0, 0.05) is 17.8 Å². The van der Waals surface area contributed by atoms with Gasteiger partial charge in [-0.3, -0.25) is 0 Å². The zero-order chi connectivity index (χ0) is 19.9. The van der Waals surface area contributed by atoms with Crippen LogP contribution in [-0.2, 0) is 0 Å². The van der Waals surface area contributed by atoms with E-state index in [0.29, 0.717) is 17.8 Å². The van der Waals surface area contributed by atoms with Gasteiger partial charge < -0.3 is 0 Å². The number of rotatable bonds is 0. The van der Waals surface area contributed by atoms with E-state index in [1.165, 1.54) is 39.0 Å². The molecule has 146 valence electrons. The fourth-order valence-electron chi connectivity index (χ4n) is 5.17. The van der Waals surface area contributed by atoms with Crippen molar-refractivity contribution in [3.63, 3.8) is 0 Å². The second-order valence-electron chi connectivity index (χ2n) is 8.87. The number of allylic oxidation sites excluding steroid dienone is 12. The van der Waals surface area contributed by atoms with E-state index in [2.05, 4.69) is 103 Å². The van der Waals surface area contributed by atoms with Crippen LogP contribution in [0.25, 0.3) is 11.1 Å². The van der Waals surface area contributed by atoms with Gasteiger partial charge in [0.1, 0.15) is 0 Å². The predicted molar refractivity (Wildman–Crippen MR) is 126 cm³/mol. The van der Waals surface area contributed by atoms with Gasteiger partial charge in [-0.1, -0.05) is 103 Å². The van der Waals surface area contributed by atoms with Crippen molar-refractivity contribution in [1.29, 1.82) is 0 Å². The molecule has 0 saturated heterocycles. The molecule has 10 bridgehead atoms. The Kier molecular flexibility index (Phi) is 4.30. The Morgan fingerprint density at radius 1 is 0.467 bits per heavy atom. The SMILES string of the molecule is C1=CC2CC=C1C1=CCC(C=C1)c1ccc(cc1)-c1ccc(cc1)C1C=CC2=CC1. The lowest BCUT2D eigenvalue weighted by Gasteiger charge is -2.24. The fraction of sp³-hybridized carbons (Fsp3) is 0.200. The molecule has 0 radical (unpaired) electrons. The van der Waals surface area contributed by atoms with E-state index in [4.69, 9.17) is 0 Å². The first-order chi connectivity index (χ1) is 14.8. The van der Waals surface area contributed by atoms with E-state index in [1.54, 1.807) is 0 Å². The van der Waals surface area contributed by atoms with Gasteiger partial charge in [0.15, 0.2) is 0 Å². The smallest absolute Gasteiger partial charge is 0.00561 e. The maximum absolute atomic E-state index is 2.45. The van der Waals surface area contributed by atoms with Crippen LogP contribution in [0.5, 0.6) is 0 Å². The summed E-state index contributed by atoms with van der Waals surface area (Å²) in [7, 11) is 0. The summed E-state index contributed by atoms with van der Waals surface area (Å²) in [5.74, 6) is 1.47. The van der Waals surface area contributed by atoms with E-state index in [-0.39, 0.29) is 0 Å². The molecule has 16 aliphatic carbocycles. The molecule has 0 spiro atoms. The monoisotopic (exact) mass is 386 g/mol. The maximum atomic E-state index is 2.45. The molecule has 0 heterocycles. The molecule has 2 aromatic carbocycles. The molecule has 2 aromatic rings. The Bertz CT molecular complexity index is 1140. The van der Waals surface area contributed by atoms with Crippen molar-refractivity contribution in [3.8, 4) is 11.1 Å². The summed E-state index contributed by atoms with van der Waals surface area (Å²) < 4.78 is 0. The van der Waals surface area contributed by atoms with E-state index in [9.17, 15) is 0 Å². The second kappa shape index (κ2) is 7.29. The average Bonchev–Trinajstić information content (AvgIpc) is 2.84. The standard InChI is InChI=1S/C30H26/c1-2-22-4-3-21(1)23-5-7-25(8-6-23)27-13-15-29(16-14-27)30-19-17-28(18-20-30)26-11-9-24(22)10-12-26/h1-9,11-13,15-19,24,27,30H,10,14,20H2. The third kappa shape index (κ3) is 3.17. The van der Waals surface area contributed by atoms with E-state index >= 15 is 0 Å². The van der Waals surface area contributed by atoms with Gasteiger partial charge in [-0.15, -0.1) is 0 Å². The van der Waals surface area contributed by atoms with Crippen molar-refractivity contribution in [2.24, 2.45) is 5.92 Å². The van der Waals surface area contributed by atoms with Crippen LogP contribution in [-0.4, -0.2) is 0 Å². The largest absolute Gasteiger partial charge is 0.0798 e. The molecular formula is C30H26.